The van der Waals surface area contributed by atoms with Crippen molar-refractivity contribution in [1.82, 2.24) is 19.8 Å². The van der Waals surface area contributed by atoms with Gasteiger partial charge >= 0.3 is 0 Å². The van der Waals surface area contributed by atoms with E-state index in [4.69, 9.17) is 0 Å². The molecule has 1 heterocycles. The predicted molar refractivity (Wildman–Crippen MR) is 88.5 cm³/mol. The number of hydrogen-bond donors (Lipinski definition) is 1. The highest BCUT2D eigenvalue weighted by atomic mass is 15.3. The summed E-state index contributed by atoms with van der Waals surface area (Å²) in [5, 5.41) is 3.39. The Hall–Kier alpha value is -2.04. The smallest absolute Gasteiger partial charge is 0.193 e. The van der Waals surface area contributed by atoms with Gasteiger partial charge in [0.2, 0.25) is 0 Å². The largest absolute Gasteiger partial charge is 0.349 e. The first kappa shape index (κ1) is 15.4. The Morgan fingerprint density at radius 1 is 1.38 bits per heavy atom. The van der Waals surface area contributed by atoms with Crippen LogP contribution in [0.2, 0.25) is 0 Å². The number of aromatic nitrogens is 2. The van der Waals surface area contributed by atoms with Gasteiger partial charge in [0, 0.05) is 27.7 Å². The monoisotopic (exact) mass is 287 g/mol. The number of aryl methyl sites for hydroxylation is 1. The molecule has 21 heavy (non-hydrogen) atoms. The number of benzene rings is 1. The zero-order valence-electron chi connectivity index (χ0n) is 13.4. The molecule has 0 bridgehead atoms. The van der Waals surface area contributed by atoms with Crippen LogP contribution in [0.15, 0.2) is 29.3 Å². The second-order valence-electron chi connectivity index (χ2n) is 5.25. The number of rotatable bonds is 5. The first-order valence-electron chi connectivity index (χ1n) is 7.49. The summed E-state index contributed by atoms with van der Waals surface area (Å²) in [7, 11) is 5.94. The van der Waals surface area contributed by atoms with Crippen LogP contribution in [-0.2, 0) is 13.6 Å². The number of nitrogens with one attached hydrogen (secondary N) is 1. The third kappa shape index (κ3) is 3.54. The van der Waals surface area contributed by atoms with Crippen LogP contribution in [0.4, 0.5) is 0 Å². The Labute approximate surface area is 126 Å². The molecule has 5 heteroatoms. The van der Waals surface area contributed by atoms with Gasteiger partial charge in [0.25, 0.3) is 0 Å². The Morgan fingerprint density at radius 2 is 2.14 bits per heavy atom. The molecule has 5 nitrogen and oxygen atoms in total. The molecule has 0 saturated heterocycles. The van der Waals surface area contributed by atoms with Crippen LogP contribution < -0.4 is 5.32 Å². The van der Waals surface area contributed by atoms with Gasteiger partial charge in [0.1, 0.15) is 5.82 Å². The Bertz CT molecular complexity index is 614. The van der Waals surface area contributed by atoms with Crippen LogP contribution in [0.25, 0.3) is 11.0 Å². The molecule has 0 aliphatic rings. The maximum Gasteiger partial charge on any atom is 0.193 e. The zero-order chi connectivity index (χ0) is 15.2. The molecule has 114 valence electrons. The summed E-state index contributed by atoms with van der Waals surface area (Å²) in [6, 6.07) is 8.19. The SMILES string of the molecule is CCCCN(C)C(=NC)NCc1nc2ccccc2n1C. The van der Waals surface area contributed by atoms with E-state index in [9.17, 15) is 0 Å². The number of aliphatic imine (C=N–C) groups is 1. The van der Waals surface area contributed by atoms with E-state index in [1.54, 1.807) is 0 Å². The van der Waals surface area contributed by atoms with Gasteiger partial charge in [0.15, 0.2) is 5.96 Å². The molecule has 0 aliphatic carbocycles. The van der Waals surface area contributed by atoms with Crippen LogP contribution in [0.3, 0.4) is 0 Å². The molecule has 1 aromatic carbocycles. The van der Waals surface area contributed by atoms with Gasteiger partial charge < -0.3 is 14.8 Å². The summed E-state index contributed by atoms with van der Waals surface area (Å²) < 4.78 is 2.13. The molecule has 2 rings (SSSR count). The molecule has 0 unspecified atom stereocenters. The van der Waals surface area contributed by atoms with E-state index in [1.807, 2.05) is 25.2 Å². The number of hydrogen-bond acceptors (Lipinski definition) is 2. The van der Waals surface area contributed by atoms with Gasteiger partial charge in [-0.25, -0.2) is 4.98 Å². The molecule has 0 amide bonds. The van der Waals surface area contributed by atoms with Gasteiger partial charge in [0.05, 0.1) is 17.6 Å². The molecule has 2 aromatic rings. The van der Waals surface area contributed by atoms with Crippen molar-refractivity contribution in [1.29, 1.82) is 0 Å². The summed E-state index contributed by atoms with van der Waals surface area (Å²) >= 11 is 0. The van der Waals surface area contributed by atoms with E-state index >= 15 is 0 Å². The lowest BCUT2D eigenvalue weighted by Gasteiger charge is -2.21. The third-order valence-electron chi connectivity index (χ3n) is 3.70. The van der Waals surface area contributed by atoms with Crippen molar-refractivity contribution in [2.75, 3.05) is 20.6 Å². The van der Waals surface area contributed by atoms with Crippen LogP contribution in [-0.4, -0.2) is 41.1 Å². The van der Waals surface area contributed by atoms with Crippen molar-refractivity contribution in [3.8, 4) is 0 Å². The summed E-state index contributed by atoms with van der Waals surface area (Å²) in [4.78, 5) is 11.2. The van der Waals surface area contributed by atoms with E-state index in [-0.39, 0.29) is 0 Å². The lowest BCUT2D eigenvalue weighted by molar-refractivity contribution is 0.463. The number of unbranched alkanes of at least 4 members (excludes halogenated alkanes) is 1. The minimum atomic E-state index is 0.675. The number of para-hydroxylation sites is 2. The van der Waals surface area contributed by atoms with Crippen molar-refractivity contribution in [2.45, 2.75) is 26.3 Å². The first-order valence-corrected chi connectivity index (χ1v) is 7.49. The second-order valence-corrected chi connectivity index (χ2v) is 5.25. The lowest BCUT2D eigenvalue weighted by atomic mass is 10.3. The molecule has 0 fully saturated rings. The van der Waals surface area contributed by atoms with Crippen molar-refractivity contribution in [2.24, 2.45) is 12.0 Å². The van der Waals surface area contributed by atoms with Crippen molar-refractivity contribution in [3.63, 3.8) is 0 Å². The zero-order valence-corrected chi connectivity index (χ0v) is 13.4. The fourth-order valence-electron chi connectivity index (χ4n) is 2.40. The number of guanidine groups is 1. The van der Waals surface area contributed by atoms with Crippen molar-refractivity contribution < 1.29 is 0 Å². The van der Waals surface area contributed by atoms with Gasteiger partial charge in [-0.3, -0.25) is 4.99 Å². The molecule has 0 saturated carbocycles. The summed E-state index contributed by atoms with van der Waals surface area (Å²) in [5.41, 5.74) is 2.19. The maximum absolute atomic E-state index is 4.67. The van der Waals surface area contributed by atoms with Crippen LogP contribution in [0, 0.1) is 0 Å². The quantitative estimate of drug-likeness (QED) is 0.678. The maximum atomic E-state index is 4.67. The van der Waals surface area contributed by atoms with Crippen LogP contribution in [0.1, 0.15) is 25.6 Å². The number of nitrogens with zero attached hydrogens (tertiary/aromatic N) is 4. The Morgan fingerprint density at radius 3 is 2.81 bits per heavy atom. The van der Waals surface area contributed by atoms with E-state index < -0.39 is 0 Å². The minimum absolute atomic E-state index is 0.675. The third-order valence-corrected chi connectivity index (χ3v) is 3.70. The van der Waals surface area contributed by atoms with Crippen LogP contribution in [0.5, 0.6) is 0 Å². The van der Waals surface area contributed by atoms with E-state index in [1.165, 1.54) is 12.8 Å². The molecule has 1 N–H and O–H groups in total. The van der Waals surface area contributed by atoms with Gasteiger partial charge in [-0.1, -0.05) is 25.5 Å². The fourth-order valence-corrected chi connectivity index (χ4v) is 2.40. The van der Waals surface area contributed by atoms with Crippen LogP contribution >= 0.6 is 0 Å². The molecule has 0 atom stereocenters. The fraction of sp³-hybridized carbons (Fsp3) is 0.500. The average Bonchev–Trinajstić information content (AvgIpc) is 2.82. The van der Waals surface area contributed by atoms with E-state index in [0.29, 0.717) is 6.54 Å². The standard InChI is InChI=1S/C16H25N5/c1-5-6-11-20(3)16(17-2)18-12-15-19-13-9-7-8-10-14(13)21(15)4/h7-10H,5-6,11-12H2,1-4H3,(H,17,18). The molecular weight excluding hydrogens is 262 g/mol. The minimum Gasteiger partial charge on any atom is -0.349 e. The normalized spacial score (nSPS) is 11.9. The number of fused-ring (bicyclic) bond motifs is 1. The first-order chi connectivity index (χ1) is 10.2. The lowest BCUT2D eigenvalue weighted by Crippen LogP contribution is -2.39. The highest BCUT2D eigenvalue weighted by Gasteiger charge is 2.09. The highest BCUT2D eigenvalue weighted by molar-refractivity contribution is 5.80. The second kappa shape index (κ2) is 7.11. The number of imidazole rings is 1. The summed E-state index contributed by atoms with van der Waals surface area (Å²) in [6.45, 7) is 3.89. The van der Waals surface area contributed by atoms with Gasteiger partial charge in [-0.15, -0.1) is 0 Å². The summed E-state index contributed by atoms with van der Waals surface area (Å²) in [6.07, 6.45) is 2.36. The molecular formula is C16H25N5. The average molecular weight is 287 g/mol. The molecule has 0 radical (unpaired) electrons. The Kier molecular flexibility index (Phi) is 5.20. The topological polar surface area (TPSA) is 45.4 Å². The van der Waals surface area contributed by atoms with E-state index in [2.05, 4.69) is 51.8 Å². The van der Waals surface area contributed by atoms with Crippen molar-refractivity contribution >= 4 is 17.0 Å². The van der Waals surface area contributed by atoms with Gasteiger partial charge in [-0.05, 0) is 18.6 Å². The summed E-state index contributed by atoms with van der Waals surface area (Å²) in [5.74, 6) is 1.93. The highest BCUT2D eigenvalue weighted by Crippen LogP contribution is 2.13. The molecule has 0 aliphatic heterocycles. The van der Waals surface area contributed by atoms with E-state index in [0.717, 1.165) is 29.4 Å². The predicted octanol–water partition coefficient (Wildman–Crippen LogP) is 2.38. The van der Waals surface area contributed by atoms with Gasteiger partial charge in [-0.2, -0.15) is 0 Å². The van der Waals surface area contributed by atoms with Crippen molar-refractivity contribution in [3.05, 3.63) is 30.1 Å². The Balaban J connectivity index is 2.05. The molecule has 1 aromatic heterocycles. The molecule has 0 spiro atoms.